The van der Waals surface area contributed by atoms with Crippen molar-refractivity contribution in [3.63, 3.8) is 0 Å². The minimum Gasteiger partial charge on any atom is -0.489 e. The van der Waals surface area contributed by atoms with Crippen LogP contribution in [-0.2, 0) is 6.61 Å². The van der Waals surface area contributed by atoms with Gasteiger partial charge in [-0.3, -0.25) is 4.79 Å². The van der Waals surface area contributed by atoms with Gasteiger partial charge in [0.05, 0.1) is 11.6 Å². The predicted molar refractivity (Wildman–Crippen MR) is 79.9 cm³/mol. The first-order chi connectivity index (χ1) is 10.5. The Morgan fingerprint density at radius 1 is 1.23 bits per heavy atom. The number of hydrogen-bond acceptors (Lipinski definition) is 3. The summed E-state index contributed by atoms with van der Waals surface area (Å²) >= 11 is 0. The van der Waals surface area contributed by atoms with Crippen molar-refractivity contribution in [3.05, 3.63) is 65.0 Å². The van der Waals surface area contributed by atoms with Crippen LogP contribution in [0.2, 0.25) is 0 Å². The summed E-state index contributed by atoms with van der Waals surface area (Å²) in [5, 5.41) is 8.98. The zero-order valence-corrected chi connectivity index (χ0v) is 12.3. The van der Waals surface area contributed by atoms with Gasteiger partial charge in [0.15, 0.2) is 0 Å². The van der Waals surface area contributed by atoms with Crippen LogP contribution in [0.1, 0.15) is 21.5 Å². The van der Waals surface area contributed by atoms with E-state index in [0.29, 0.717) is 16.9 Å². The van der Waals surface area contributed by atoms with Crippen molar-refractivity contribution in [1.29, 1.82) is 5.26 Å². The number of nitrogens with zero attached hydrogens (tertiary/aromatic N) is 2. The van der Waals surface area contributed by atoms with Crippen LogP contribution in [0, 0.1) is 17.1 Å². The van der Waals surface area contributed by atoms with Crippen LogP contribution in [0.4, 0.5) is 4.39 Å². The second-order valence-electron chi connectivity index (χ2n) is 4.93. The quantitative estimate of drug-likeness (QED) is 0.872. The van der Waals surface area contributed by atoms with E-state index in [0.717, 1.165) is 0 Å². The fourth-order valence-electron chi connectivity index (χ4n) is 1.89. The zero-order valence-electron chi connectivity index (χ0n) is 12.3. The summed E-state index contributed by atoms with van der Waals surface area (Å²) in [6, 6.07) is 12.7. The van der Waals surface area contributed by atoms with E-state index >= 15 is 0 Å². The summed E-state index contributed by atoms with van der Waals surface area (Å²) < 4.78 is 18.6. The lowest BCUT2D eigenvalue weighted by Crippen LogP contribution is -2.21. The number of rotatable bonds is 4. The second-order valence-corrected chi connectivity index (χ2v) is 4.93. The van der Waals surface area contributed by atoms with Gasteiger partial charge in [-0.15, -0.1) is 0 Å². The monoisotopic (exact) mass is 298 g/mol. The lowest BCUT2D eigenvalue weighted by Gasteiger charge is -2.11. The topological polar surface area (TPSA) is 53.3 Å². The normalized spacial score (nSPS) is 9.91. The van der Waals surface area contributed by atoms with Gasteiger partial charge in [0, 0.05) is 25.2 Å². The van der Waals surface area contributed by atoms with Crippen molar-refractivity contribution >= 4 is 5.91 Å². The van der Waals surface area contributed by atoms with Crippen molar-refractivity contribution in [3.8, 4) is 11.8 Å². The molecule has 0 saturated heterocycles. The van der Waals surface area contributed by atoms with E-state index < -0.39 is 5.82 Å². The molecule has 0 bridgehead atoms. The highest BCUT2D eigenvalue weighted by atomic mass is 19.1. The van der Waals surface area contributed by atoms with Gasteiger partial charge in [0.1, 0.15) is 18.2 Å². The molecule has 0 fully saturated rings. The molecule has 0 aliphatic heterocycles. The van der Waals surface area contributed by atoms with E-state index in [1.54, 1.807) is 38.4 Å². The molecule has 4 nitrogen and oxygen atoms in total. The maximum atomic E-state index is 13.1. The van der Waals surface area contributed by atoms with Crippen LogP contribution in [0.3, 0.4) is 0 Å². The number of ether oxygens (including phenoxy) is 1. The van der Waals surface area contributed by atoms with Gasteiger partial charge in [-0.1, -0.05) is 6.07 Å². The molecule has 0 radical (unpaired) electrons. The molecule has 0 spiro atoms. The first kappa shape index (κ1) is 15.5. The van der Waals surface area contributed by atoms with Gasteiger partial charge in [0.2, 0.25) is 0 Å². The number of carbonyl (C=O) groups excluding carboxylic acids is 1. The number of benzene rings is 2. The molecule has 5 heteroatoms. The molecule has 2 rings (SSSR count). The minimum absolute atomic E-state index is 0.0862. The summed E-state index contributed by atoms with van der Waals surface area (Å²) in [6.07, 6.45) is 0. The molecule has 112 valence electrons. The number of nitriles is 1. The van der Waals surface area contributed by atoms with E-state index in [9.17, 15) is 9.18 Å². The van der Waals surface area contributed by atoms with Crippen molar-refractivity contribution in [2.75, 3.05) is 14.1 Å². The Kier molecular flexibility index (Phi) is 4.74. The number of halogens is 1. The summed E-state index contributed by atoms with van der Waals surface area (Å²) in [6.45, 7) is 0.157. The average molecular weight is 298 g/mol. The molecule has 0 aromatic heterocycles. The maximum Gasteiger partial charge on any atom is 0.253 e. The van der Waals surface area contributed by atoms with Crippen LogP contribution >= 0.6 is 0 Å². The van der Waals surface area contributed by atoms with Crippen molar-refractivity contribution in [2.45, 2.75) is 6.61 Å². The Morgan fingerprint density at radius 3 is 2.50 bits per heavy atom. The fraction of sp³-hybridized carbons (Fsp3) is 0.176. The molecular weight excluding hydrogens is 283 g/mol. The van der Waals surface area contributed by atoms with E-state index in [-0.39, 0.29) is 18.1 Å². The Hall–Kier alpha value is -2.87. The molecule has 2 aromatic rings. The lowest BCUT2D eigenvalue weighted by atomic mass is 10.1. The first-order valence-electron chi connectivity index (χ1n) is 6.64. The maximum absolute atomic E-state index is 13.1. The summed E-state index contributed by atoms with van der Waals surface area (Å²) in [4.78, 5) is 13.3. The standard InChI is InChI=1S/C17H15FN2O2/c1-20(2)17(21)12-4-7-16(8-5-12)22-11-13-3-6-15(18)9-14(13)10-19/h3-9H,11H2,1-2H3. The van der Waals surface area contributed by atoms with Gasteiger partial charge in [-0.05, 0) is 36.4 Å². The Labute approximate surface area is 128 Å². The average Bonchev–Trinajstić information content (AvgIpc) is 2.53. The largest absolute Gasteiger partial charge is 0.489 e. The SMILES string of the molecule is CN(C)C(=O)c1ccc(OCc2ccc(F)cc2C#N)cc1. The molecule has 0 unspecified atom stereocenters. The highest BCUT2D eigenvalue weighted by molar-refractivity contribution is 5.93. The predicted octanol–water partition coefficient (Wildman–Crippen LogP) is 2.98. The molecule has 0 aliphatic carbocycles. The smallest absolute Gasteiger partial charge is 0.253 e. The van der Waals surface area contributed by atoms with Gasteiger partial charge < -0.3 is 9.64 Å². The molecule has 0 saturated carbocycles. The summed E-state index contributed by atoms with van der Waals surface area (Å²) in [5.74, 6) is 0.0345. The van der Waals surface area contributed by atoms with Crippen LogP contribution in [-0.4, -0.2) is 24.9 Å². The molecule has 0 heterocycles. The third-order valence-corrected chi connectivity index (χ3v) is 3.09. The molecule has 0 N–H and O–H groups in total. The Morgan fingerprint density at radius 2 is 1.91 bits per heavy atom. The fourth-order valence-corrected chi connectivity index (χ4v) is 1.89. The van der Waals surface area contributed by atoms with Crippen LogP contribution < -0.4 is 4.74 Å². The first-order valence-corrected chi connectivity index (χ1v) is 6.64. The highest BCUT2D eigenvalue weighted by Crippen LogP contribution is 2.17. The Bertz CT molecular complexity index is 718. The van der Waals surface area contributed by atoms with Gasteiger partial charge in [-0.25, -0.2) is 4.39 Å². The van der Waals surface area contributed by atoms with E-state index in [4.69, 9.17) is 10.00 Å². The van der Waals surface area contributed by atoms with Gasteiger partial charge in [0.25, 0.3) is 5.91 Å². The van der Waals surface area contributed by atoms with Crippen LogP contribution in [0.15, 0.2) is 42.5 Å². The van der Waals surface area contributed by atoms with Gasteiger partial charge >= 0.3 is 0 Å². The minimum atomic E-state index is -0.452. The van der Waals surface area contributed by atoms with Crippen molar-refractivity contribution in [1.82, 2.24) is 4.90 Å². The second kappa shape index (κ2) is 6.72. The van der Waals surface area contributed by atoms with E-state index in [1.165, 1.54) is 23.1 Å². The van der Waals surface area contributed by atoms with E-state index in [1.807, 2.05) is 6.07 Å². The summed E-state index contributed by atoms with van der Waals surface area (Å²) in [7, 11) is 3.37. The third kappa shape index (κ3) is 3.61. The molecular formula is C17H15FN2O2. The van der Waals surface area contributed by atoms with Crippen LogP contribution in [0.5, 0.6) is 5.75 Å². The molecule has 0 aliphatic rings. The number of amides is 1. The molecule has 0 atom stereocenters. The van der Waals surface area contributed by atoms with Crippen molar-refractivity contribution < 1.29 is 13.9 Å². The van der Waals surface area contributed by atoms with Crippen molar-refractivity contribution in [2.24, 2.45) is 0 Å². The number of hydrogen-bond donors (Lipinski definition) is 0. The lowest BCUT2D eigenvalue weighted by molar-refractivity contribution is 0.0827. The highest BCUT2D eigenvalue weighted by Gasteiger charge is 2.08. The molecule has 1 amide bonds. The van der Waals surface area contributed by atoms with Crippen LogP contribution in [0.25, 0.3) is 0 Å². The third-order valence-electron chi connectivity index (χ3n) is 3.09. The number of carbonyl (C=O) groups is 1. The molecule has 2 aromatic carbocycles. The van der Waals surface area contributed by atoms with Gasteiger partial charge in [-0.2, -0.15) is 5.26 Å². The zero-order chi connectivity index (χ0) is 16.1. The summed E-state index contributed by atoms with van der Waals surface area (Å²) in [5.41, 5.74) is 1.42. The molecule has 22 heavy (non-hydrogen) atoms. The van der Waals surface area contributed by atoms with E-state index in [2.05, 4.69) is 0 Å². The Balaban J connectivity index is 2.07.